The Morgan fingerprint density at radius 2 is 2.27 bits per heavy atom. The first-order valence-corrected chi connectivity index (χ1v) is 7.78. The van der Waals surface area contributed by atoms with Crippen molar-refractivity contribution in [3.63, 3.8) is 0 Å². The van der Waals surface area contributed by atoms with E-state index >= 15 is 0 Å². The van der Waals surface area contributed by atoms with Crippen molar-refractivity contribution in [3.05, 3.63) is 15.6 Å². The van der Waals surface area contributed by atoms with E-state index in [1.165, 1.54) is 11.3 Å². The highest BCUT2D eigenvalue weighted by Gasteiger charge is 2.44. The molecule has 1 unspecified atom stereocenters. The molecule has 0 aliphatic carbocycles. The van der Waals surface area contributed by atoms with E-state index in [0.717, 1.165) is 20.6 Å². The molecule has 0 aromatic carbocycles. The van der Waals surface area contributed by atoms with Crippen molar-refractivity contribution >= 4 is 23.5 Å². The lowest BCUT2D eigenvalue weighted by Gasteiger charge is -2.19. The number of hydrogen-bond donors (Lipinski definition) is 2. The SMILES string of the molecule is CC(C)(C)OC(=O)NCc1nc2c(s1)C1CN(C2)C(=O)N1O. The maximum absolute atomic E-state index is 11.7. The molecule has 120 valence electrons. The number of hydroxylamine groups is 2. The maximum Gasteiger partial charge on any atom is 0.408 e. The van der Waals surface area contributed by atoms with Crippen LogP contribution in [0.15, 0.2) is 0 Å². The Morgan fingerprint density at radius 1 is 1.55 bits per heavy atom. The van der Waals surface area contributed by atoms with Gasteiger partial charge in [-0.25, -0.2) is 14.6 Å². The molecule has 9 heteroatoms. The molecule has 1 saturated heterocycles. The molecule has 3 amide bonds. The largest absolute Gasteiger partial charge is 0.444 e. The van der Waals surface area contributed by atoms with Crippen molar-refractivity contribution in [2.24, 2.45) is 0 Å². The molecule has 1 fully saturated rings. The number of amides is 3. The van der Waals surface area contributed by atoms with Crippen LogP contribution in [0, 0.1) is 0 Å². The monoisotopic (exact) mass is 326 g/mol. The molecule has 22 heavy (non-hydrogen) atoms. The fraction of sp³-hybridized carbons (Fsp3) is 0.615. The Morgan fingerprint density at radius 3 is 2.95 bits per heavy atom. The average molecular weight is 326 g/mol. The second kappa shape index (κ2) is 5.10. The zero-order valence-electron chi connectivity index (χ0n) is 12.6. The molecular weight excluding hydrogens is 308 g/mol. The van der Waals surface area contributed by atoms with Crippen molar-refractivity contribution in [3.8, 4) is 0 Å². The summed E-state index contributed by atoms with van der Waals surface area (Å²) in [5, 5.41) is 13.9. The first kappa shape index (κ1) is 15.0. The summed E-state index contributed by atoms with van der Waals surface area (Å²) in [7, 11) is 0. The summed E-state index contributed by atoms with van der Waals surface area (Å²) in [6.07, 6.45) is -0.495. The summed E-state index contributed by atoms with van der Waals surface area (Å²) >= 11 is 1.40. The van der Waals surface area contributed by atoms with Crippen molar-refractivity contribution in [1.29, 1.82) is 0 Å². The standard InChI is InChI=1S/C13H18N4O4S/c1-13(2,3)21-11(18)14-4-9-15-7-5-16-6-8(10(7)22-9)17(20)12(16)19/h8,20H,4-6H2,1-3H3,(H,14,18). The zero-order chi connectivity index (χ0) is 16.1. The molecule has 1 aromatic heterocycles. The van der Waals surface area contributed by atoms with Crippen molar-refractivity contribution in [2.45, 2.75) is 45.5 Å². The highest BCUT2D eigenvalue weighted by Crippen LogP contribution is 2.39. The van der Waals surface area contributed by atoms with Gasteiger partial charge in [0, 0.05) is 0 Å². The van der Waals surface area contributed by atoms with Crippen LogP contribution in [0.2, 0.25) is 0 Å². The Bertz CT molecular complexity index is 620. The minimum absolute atomic E-state index is 0.263. The first-order valence-electron chi connectivity index (χ1n) is 6.97. The number of hydrogen-bond acceptors (Lipinski definition) is 6. The Balaban J connectivity index is 1.66. The van der Waals surface area contributed by atoms with Crippen LogP contribution in [0.1, 0.15) is 42.4 Å². The van der Waals surface area contributed by atoms with E-state index in [4.69, 9.17) is 4.74 Å². The van der Waals surface area contributed by atoms with Crippen LogP contribution in [0.5, 0.6) is 0 Å². The van der Waals surface area contributed by atoms with Gasteiger partial charge in [-0.3, -0.25) is 5.21 Å². The van der Waals surface area contributed by atoms with Gasteiger partial charge >= 0.3 is 12.1 Å². The first-order chi connectivity index (χ1) is 10.2. The summed E-state index contributed by atoms with van der Waals surface area (Å²) in [5.41, 5.74) is 0.239. The van der Waals surface area contributed by atoms with Crippen molar-refractivity contribution in [2.75, 3.05) is 6.54 Å². The second-order valence-electron chi connectivity index (χ2n) is 6.30. The minimum atomic E-state index is -0.545. The fourth-order valence-electron chi connectivity index (χ4n) is 2.47. The number of alkyl carbamates (subject to hydrolysis) is 1. The molecule has 2 bridgehead atoms. The number of ether oxygens (including phenoxy) is 1. The molecule has 1 aromatic rings. The number of urea groups is 1. The number of aromatic nitrogens is 1. The molecule has 2 N–H and O–H groups in total. The van der Waals surface area contributed by atoms with Crippen LogP contribution < -0.4 is 5.32 Å². The van der Waals surface area contributed by atoms with E-state index in [1.54, 1.807) is 25.7 Å². The Hall–Kier alpha value is -1.87. The zero-order valence-corrected chi connectivity index (χ0v) is 13.4. The molecule has 3 heterocycles. The lowest BCUT2D eigenvalue weighted by atomic mass is 10.1. The number of fused-ring (bicyclic) bond motifs is 4. The Labute approximate surface area is 131 Å². The summed E-state index contributed by atoms with van der Waals surface area (Å²) < 4.78 is 5.17. The van der Waals surface area contributed by atoms with Gasteiger partial charge in [-0.2, -0.15) is 5.06 Å². The summed E-state index contributed by atoms with van der Waals surface area (Å²) in [6.45, 7) is 6.53. The van der Waals surface area contributed by atoms with E-state index in [9.17, 15) is 14.8 Å². The van der Waals surface area contributed by atoms with Crippen molar-refractivity contribution in [1.82, 2.24) is 20.3 Å². The number of carbonyl (C=O) groups is 2. The number of thiazole rings is 1. The average Bonchev–Trinajstić information content (AvgIpc) is 2.91. The molecular formula is C13H18N4O4S. The lowest BCUT2D eigenvalue weighted by molar-refractivity contribution is -0.0577. The predicted octanol–water partition coefficient (Wildman–Crippen LogP) is 1.85. The summed E-state index contributed by atoms with van der Waals surface area (Å²) in [5.74, 6) is 0. The molecule has 3 rings (SSSR count). The third-order valence-electron chi connectivity index (χ3n) is 3.35. The van der Waals surface area contributed by atoms with Gasteiger partial charge in [0.15, 0.2) is 0 Å². The van der Waals surface area contributed by atoms with Gasteiger partial charge < -0.3 is 15.0 Å². The molecule has 2 aliphatic rings. The number of nitrogens with zero attached hydrogens (tertiary/aromatic N) is 3. The number of carbonyl (C=O) groups excluding carboxylic acids is 2. The maximum atomic E-state index is 11.7. The van der Waals surface area contributed by atoms with Crippen molar-refractivity contribution < 1.29 is 19.5 Å². The van der Waals surface area contributed by atoms with Gasteiger partial charge in [-0.1, -0.05) is 0 Å². The minimum Gasteiger partial charge on any atom is -0.444 e. The van der Waals surface area contributed by atoms with Gasteiger partial charge in [-0.15, -0.1) is 11.3 Å². The van der Waals surface area contributed by atoms with Crippen LogP contribution in [-0.4, -0.2) is 44.4 Å². The van der Waals surface area contributed by atoms with Crippen LogP contribution >= 0.6 is 11.3 Å². The van der Waals surface area contributed by atoms with E-state index < -0.39 is 11.7 Å². The molecule has 8 nitrogen and oxygen atoms in total. The second-order valence-corrected chi connectivity index (χ2v) is 7.41. The van der Waals surface area contributed by atoms with Gasteiger partial charge in [-0.05, 0) is 20.8 Å². The summed E-state index contributed by atoms with van der Waals surface area (Å²) in [6, 6.07) is -0.743. The molecule has 0 radical (unpaired) electrons. The Kier molecular flexibility index (Phi) is 3.48. The molecule has 0 spiro atoms. The third kappa shape index (κ3) is 2.73. The van der Waals surface area contributed by atoms with E-state index in [2.05, 4.69) is 10.3 Å². The van der Waals surface area contributed by atoms with Crippen LogP contribution in [0.4, 0.5) is 9.59 Å². The molecule has 0 saturated carbocycles. The quantitative estimate of drug-likeness (QED) is 0.809. The van der Waals surface area contributed by atoms with E-state index in [0.29, 0.717) is 13.1 Å². The lowest BCUT2D eigenvalue weighted by Crippen LogP contribution is -2.32. The number of rotatable bonds is 2. The topological polar surface area (TPSA) is 95.0 Å². The van der Waals surface area contributed by atoms with Gasteiger partial charge in [0.1, 0.15) is 16.7 Å². The highest BCUT2D eigenvalue weighted by molar-refractivity contribution is 7.11. The fourth-order valence-corrected chi connectivity index (χ4v) is 3.57. The van der Waals surface area contributed by atoms with Gasteiger partial charge in [0.25, 0.3) is 0 Å². The molecule has 2 aliphatic heterocycles. The van der Waals surface area contributed by atoms with Gasteiger partial charge in [0.2, 0.25) is 0 Å². The number of nitrogens with one attached hydrogen (secondary N) is 1. The normalized spacial score (nSPS) is 20.2. The van der Waals surface area contributed by atoms with E-state index in [1.807, 2.05) is 0 Å². The smallest absolute Gasteiger partial charge is 0.408 e. The summed E-state index contributed by atoms with van der Waals surface area (Å²) in [4.78, 5) is 30.2. The highest BCUT2D eigenvalue weighted by atomic mass is 32.1. The van der Waals surface area contributed by atoms with Crippen LogP contribution in [0.25, 0.3) is 0 Å². The third-order valence-corrected chi connectivity index (χ3v) is 4.55. The van der Waals surface area contributed by atoms with E-state index in [-0.39, 0.29) is 18.6 Å². The van der Waals surface area contributed by atoms with Crippen LogP contribution in [-0.2, 0) is 17.8 Å². The van der Waals surface area contributed by atoms with Gasteiger partial charge in [0.05, 0.1) is 30.2 Å². The molecule has 1 atom stereocenters. The predicted molar refractivity (Wildman–Crippen MR) is 77.4 cm³/mol. The van der Waals surface area contributed by atoms with Crippen LogP contribution in [0.3, 0.4) is 0 Å².